The Morgan fingerprint density at radius 1 is 1.50 bits per heavy atom. The molecule has 0 aromatic carbocycles. The first-order valence-electron chi connectivity index (χ1n) is 4.04. The molecule has 1 heterocycles. The average molecular weight is 159 g/mol. The van der Waals surface area contributed by atoms with Gasteiger partial charge >= 0.3 is 0 Å². The van der Waals surface area contributed by atoms with E-state index in [4.69, 9.17) is 0 Å². The lowest BCUT2D eigenvalue weighted by molar-refractivity contribution is 0.462. The molecule has 1 nitrogen and oxygen atoms in total. The third-order valence-corrected chi connectivity index (χ3v) is 4.51. The normalized spacial score (nSPS) is 47.1. The SMILES string of the molecule is C[SH](C)N1C[C@H]2C[C@@]2(C)C1. The standard InChI is InChI=1S/C8H17NS/c1-8-4-7(8)5-9(6-8)10(2)3/h7,10H,4-6H2,1-3H3/t7-,8+/m1/s1. The lowest BCUT2D eigenvalue weighted by Gasteiger charge is -2.26. The fourth-order valence-corrected chi connectivity index (χ4v) is 3.15. The van der Waals surface area contributed by atoms with Crippen LogP contribution in [0.5, 0.6) is 0 Å². The van der Waals surface area contributed by atoms with Crippen molar-refractivity contribution in [1.82, 2.24) is 4.31 Å². The zero-order valence-corrected chi connectivity index (χ0v) is 7.99. The average Bonchev–Trinajstić information content (AvgIpc) is 2.32. The van der Waals surface area contributed by atoms with Crippen LogP contribution in [-0.2, 0) is 0 Å². The number of nitrogens with zero attached hydrogens (tertiary/aromatic N) is 1. The molecule has 2 atom stereocenters. The number of hydrogen-bond donors (Lipinski definition) is 1. The first kappa shape index (κ1) is 6.99. The Balaban J connectivity index is 1.97. The van der Waals surface area contributed by atoms with Crippen molar-refractivity contribution in [2.75, 3.05) is 25.6 Å². The largest absolute Gasteiger partial charge is 0.270 e. The molecule has 0 aromatic heterocycles. The minimum atomic E-state index is 0.204. The van der Waals surface area contributed by atoms with Gasteiger partial charge in [-0.1, -0.05) is 6.92 Å². The number of thiol groups is 1. The van der Waals surface area contributed by atoms with E-state index in [1.807, 2.05) is 0 Å². The molecular formula is C8H17NS. The van der Waals surface area contributed by atoms with Crippen LogP contribution in [0.3, 0.4) is 0 Å². The fourth-order valence-electron chi connectivity index (χ4n) is 2.02. The van der Waals surface area contributed by atoms with Crippen LogP contribution in [0.1, 0.15) is 13.3 Å². The zero-order chi connectivity index (χ0) is 7.35. The van der Waals surface area contributed by atoms with E-state index in [9.17, 15) is 0 Å². The summed E-state index contributed by atoms with van der Waals surface area (Å²) in [5.41, 5.74) is 0.757. The van der Waals surface area contributed by atoms with Crippen LogP contribution in [0.4, 0.5) is 0 Å². The van der Waals surface area contributed by atoms with Gasteiger partial charge in [0, 0.05) is 13.1 Å². The van der Waals surface area contributed by atoms with E-state index in [0.717, 1.165) is 11.3 Å². The molecule has 2 fully saturated rings. The molecule has 1 aliphatic heterocycles. The quantitative estimate of drug-likeness (QED) is 0.568. The highest BCUT2D eigenvalue weighted by Gasteiger charge is 2.56. The molecule has 0 aromatic rings. The van der Waals surface area contributed by atoms with E-state index in [1.165, 1.54) is 19.5 Å². The van der Waals surface area contributed by atoms with Gasteiger partial charge in [-0.3, -0.25) is 4.31 Å². The molecule has 0 spiro atoms. The monoisotopic (exact) mass is 159 g/mol. The summed E-state index contributed by atoms with van der Waals surface area (Å²) in [4.78, 5) is 0. The molecule has 10 heavy (non-hydrogen) atoms. The minimum Gasteiger partial charge on any atom is -0.270 e. The van der Waals surface area contributed by atoms with Crippen molar-refractivity contribution in [2.24, 2.45) is 11.3 Å². The summed E-state index contributed by atoms with van der Waals surface area (Å²) >= 11 is 0.204. The predicted molar refractivity (Wildman–Crippen MR) is 48.6 cm³/mol. The van der Waals surface area contributed by atoms with Gasteiger partial charge in [0.1, 0.15) is 0 Å². The lowest BCUT2D eigenvalue weighted by atomic mass is 10.1. The summed E-state index contributed by atoms with van der Waals surface area (Å²) in [6.45, 7) is 5.22. The van der Waals surface area contributed by atoms with E-state index >= 15 is 0 Å². The summed E-state index contributed by atoms with van der Waals surface area (Å²) in [5.74, 6) is 1.07. The molecule has 0 N–H and O–H groups in total. The molecule has 2 heteroatoms. The second-order valence-electron chi connectivity index (χ2n) is 4.25. The molecule has 0 unspecified atom stereocenters. The first-order valence-corrected chi connectivity index (χ1v) is 6.23. The van der Waals surface area contributed by atoms with Crippen molar-refractivity contribution in [3.8, 4) is 0 Å². The summed E-state index contributed by atoms with van der Waals surface area (Å²) in [6, 6.07) is 0. The molecule has 1 aliphatic carbocycles. The summed E-state index contributed by atoms with van der Waals surface area (Å²) in [5, 5.41) is 0. The van der Waals surface area contributed by atoms with Gasteiger partial charge in [-0.05, 0) is 30.3 Å². The Hall–Kier alpha value is 0.310. The van der Waals surface area contributed by atoms with Gasteiger partial charge in [-0.15, -0.1) is 0 Å². The third kappa shape index (κ3) is 0.892. The fraction of sp³-hybridized carbons (Fsp3) is 1.00. The van der Waals surface area contributed by atoms with Crippen LogP contribution >= 0.6 is 11.1 Å². The summed E-state index contributed by atoms with van der Waals surface area (Å²) in [6.07, 6.45) is 6.24. The Kier molecular flexibility index (Phi) is 1.34. The molecule has 2 rings (SSSR count). The van der Waals surface area contributed by atoms with E-state index in [1.54, 1.807) is 0 Å². The second kappa shape index (κ2) is 1.92. The Morgan fingerprint density at radius 2 is 2.20 bits per heavy atom. The molecule has 0 bridgehead atoms. The topological polar surface area (TPSA) is 3.24 Å². The number of piperidine rings is 1. The molecule has 60 valence electrons. The van der Waals surface area contributed by atoms with Gasteiger partial charge in [-0.25, -0.2) is 11.1 Å². The number of rotatable bonds is 1. The Bertz CT molecular complexity index is 157. The van der Waals surface area contributed by atoms with Crippen LogP contribution in [-0.4, -0.2) is 29.9 Å². The second-order valence-corrected chi connectivity index (χ2v) is 6.51. The minimum absolute atomic E-state index is 0.204. The Labute approximate surface area is 66.3 Å². The zero-order valence-electron chi connectivity index (χ0n) is 7.09. The van der Waals surface area contributed by atoms with E-state index in [2.05, 4.69) is 23.7 Å². The predicted octanol–water partition coefficient (Wildman–Crippen LogP) is 1.50. The lowest BCUT2D eigenvalue weighted by Crippen LogP contribution is -2.19. The first-order chi connectivity index (χ1) is 4.62. The van der Waals surface area contributed by atoms with Crippen molar-refractivity contribution in [2.45, 2.75) is 13.3 Å². The highest BCUT2D eigenvalue weighted by molar-refractivity contribution is 8.13. The smallest absolute Gasteiger partial charge is 0.0129 e. The highest BCUT2D eigenvalue weighted by Crippen LogP contribution is 2.59. The van der Waals surface area contributed by atoms with Gasteiger partial charge in [0.25, 0.3) is 0 Å². The van der Waals surface area contributed by atoms with Crippen LogP contribution in [0, 0.1) is 11.3 Å². The number of fused-ring (bicyclic) bond motifs is 1. The maximum atomic E-state index is 2.67. The summed E-state index contributed by atoms with van der Waals surface area (Å²) < 4.78 is 2.67. The van der Waals surface area contributed by atoms with Crippen molar-refractivity contribution in [3.63, 3.8) is 0 Å². The van der Waals surface area contributed by atoms with E-state index < -0.39 is 0 Å². The van der Waals surface area contributed by atoms with Gasteiger partial charge in [0.05, 0.1) is 0 Å². The maximum absolute atomic E-state index is 2.67. The van der Waals surface area contributed by atoms with Crippen LogP contribution in [0.2, 0.25) is 0 Å². The third-order valence-electron chi connectivity index (χ3n) is 3.08. The van der Waals surface area contributed by atoms with Crippen molar-refractivity contribution >= 4 is 11.1 Å². The van der Waals surface area contributed by atoms with Gasteiger partial charge in [0.2, 0.25) is 0 Å². The van der Waals surface area contributed by atoms with Crippen molar-refractivity contribution in [3.05, 3.63) is 0 Å². The molecule has 0 radical (unpaired) electrons. The van der Waals surface area contributed by atoms with Gasteiger partial charge in [0.15, 0.2) is 0 Å². The van der Waals surface area contributed by atoms with Gasteiger partial charge < -0.3 is 0 Å². The molecule has 1 saturated heterocycles. The number of hydrogen-bond acceptors (Lipinski definition) is 1. The maximum Gasteiger partial charge on any atom is 0.0129 e. The van der Waals surface area contributed by atoms with Crippen LogP contribution in [0.15, 0.2) is 0 Å². The van der Waals surface area contributed by atoms with Crippen LogP contribution in [0.25, 0.3) is 0 Å². The van der Waals surface area contributed by atoms with Gasteiger partial charge in [-0.2, -0.15) is 0 Å². The highest BCUT2D eigenvalue weighted by atomic mass is 32.2. The summed E-state index contributed by atoms with van der Waals surface area (Å²) in [7, 11) is 0. The Morgan fingerprint density at radius 3 is 2.50 bits per heavy atom. The van der Waals surface area contributed by atoms with Crippen molar-refractivity contribution < 1.29 is 0 Å². The van der Waals surface area contributed by atoms with Crippen molar-refractivity contribution in [1.29, 1.82) is 0 Å². The molecule has 2 aliphatic rings. The molecule has 1 saturated carbocycles. The van der Waals surface area contributed by atoms with E-state index in [-0.39, 0.29) is 11.1 Å². The van der Waals surface area contributed by atoms with E-state index in [0.29, 0.717) is 0 Å². The van der Waals surface area contributed by atoms with Crippen LogP contribution < -0.4 is 0 Å². The molecule has 0 amide bonds. The molecular weight excluding hydrogens is 142 g/mol.